The molecule has 0 saturated carbocycles. The van der Waals surface area contributed by atoms with Crippen molar-refractivity contribution in [2.75, 3.05) is 0 Å². The summed E-state index contributed by atoms with van der Waals surface area (Å²) in [5.41, 5.74) is 2.51. The minimum atomic E-state index is -1.06. The van der Waals surface area contributed by atoms with Crippen LogP contribution in [0.2, 0.25) is 0 Å². The molecule has 0 bridgehead atoms. The van der Waals surface area contributed by atoms with Gasteiger partial charge in [-0.2, -0.15) is 10.2 Å². The number of aromatic nitrogens is 5. The van der Waals surface area contributed by atoms with Gasteiger partial charge in [0.2, 0.25) is 0 Å². The van der Waals surface area contributed by atoms with E-state index < -0.39 is 5.97 Å². The predicted octanol–water partition coefficient (Wildman–Crippen LogP) is 0.911. The summed E-state index contributed by atoms with van der Waals surface area (Å²) in [6, 6.07) is 0. The van der Waals surface area contributed by atoms with Gasteiger partial charge in [-0.3, -0.25) is 0 Å². The van der Waals surface area contributed by atoms with E-state index in [1.54, 1.807) is 11.7 Å². The van der Waals surface area contributed by atoms with Crippen LogP contribution in [0.4, 0.5) is 0 Å². The van der Waals surface area contributed by atoms with Gasteiger partial charge in [0.15, 0.2) is 5.65 Å². The number of aromatic carboxylic acids is 1. The topological polar surface area (TPSA) is 85.3 Å². The minimum absolute atomic E-state index is 0.0771. The monoisotopic (exact) mass is 263 g/mol. The molecule has 0 radical (unpaired) electrons. The van der Waals surface area contributed by atoms with Gasteiger partial charge in [-0.05, 0) is 6.92 Å². The molecule has 18 heavy (non-hydrogen) atoms. The number of aryl methyl sites for hydroxylation is 2. The lowest BCUT2D eigenvalue weighted by Crippen LogP contribution is -2.02. The second-order valence-corrected chi connectivity index (χ2v) is 4.36. The van der Waals surface area contributed by atoms with E-state index in [1.807, 2.05) is 6.92 Å². The average Bonchev–Trinajstić information content (AvgIpc) is 2.82. The van der Waals surface area contributed by atoms with E-state index in [1.165, 1.54) is 10.7 Å². The summed E-state index contributed by atoms with van der Waals surface area (Å²) in [7, 11) is 1.76. The van der Waals surface area contributed by atoms with Gasteiger partial charge in [0.05, 0.1) is 11.9 Å². The Morgan fingerprint density at radius 1 is 1.50 bits per heavy atom. The average molecular weight is 263 g/mol. The molecule has 0 atom stereocenters. The van der Waals surface area contributed by atoms with Gasteiger partial charge in [0.25, 0.3) is 0 Å². The summed E-state index contributed by atoms with van der Waals surface area (Å²) >= 11 is 4.24. The second kappa shape index (κ2) is 3.45. The van der Waals surface area contributed by atoms with Crippen molar-refractivity contribution in [3.8, 4) is 0 Å². The zero-order chi connectivity index (χ0) is 13.0. The van der Waals surface area contributed by atoms with Crippen molar-refractivity contribution >= 4 is 35.3 Å². The Morgan fingerprint density at radius 2 is 2.22 bits per heavy atom. The SMILES string of the molecule is Cc1nn(C)c2c1nc(S)c1c(C(=O)O)cnn12. The van der Waals surface area contributed by atoms with Gasteiger partial charge in [0, 0.05) is 7.05 Å². The van der Waals surface area contributed by atoms with E-state index in [0.29, 0.717) is 21.7 Å². The molecule has 3 aromatic rings. The zero-order valence-electron chi connectivity index (χ0n) is 9.62. The first-order chi connectivity index (χ1) is 8.50. The molecular formula is C10H9N5O2S. The Morgan fingerprint density at radius 3 is 2.89 bits per heavy atom. The fourth-order valence-corrected chi connectivity index (χ4v) is 2.36. The molecule has 0 spiro atoms. The van der Waals surface area contributed by atoms with Gasteiger partial charge >= 0.3 is 5.97 Å². The van der Waals surface area contributed by atoms with Gasteiger partial charge < -0.3 is 5.11 Å². The van der Waals surface area contributed by atoms with Crippen molar-refractivity contribution in [1.29, 1.82) is 0 Å². The van der Waals surface area contributed by atoms with E-state index in [9.17, 15) is 4.79 Å². The van der Waals surface area contributed by atoms with E-state index in [2.05, 4.69) is 27.8 Å². The van der Waals surface area contributed by atoms with Crippen LogP contribution in [0.15, 0.2) is 11.2 Å². The van der Waals surface area contributed by atoms with Crippen molar-refractivity contribution in [2.24, 2.45) is 7.05 Å². The first-order valence-electron chi connectivity index (χ1n) is 5.14. The number of hydrogen-bond donors (Lipinski definition) is 2. The normalized spacial score (nSPS) is 11.5. The van der Waals surface area contributed by atoms with E-state index in [0.717, 1.165) is 5.69 Å². The molecule has 0 aliphatic heterocycles. The Bertz CT molecular complexity index is 804. The molecule has 0 saturated heterocycles. The summed E-state index contributed by atoms with van der Waals surface area (Å²) in [6.45, 7) is 1.83. The smallest absolute Gasteiger partial charge is 0.339 e. The van der Waals surface area contributed by atoms with Gasteiger partial charge in [-0.15, -0.1) is 12.6 Å². The summed E-state index contributed by atoms with van der Waals surface area (Å²) in [5.74, 6) is -1.06. The molecule has 0 aliphatic carbocycles. The van der Waals surface area contributed by atoms with Crippen LogP contribution in [-0.2, 0) is 7.05 Å². The molecule has 7 nitrogen and oxygen atoms in total. The highest BCUT2D eigenvalue weighted by molar-refractivity contribution is 7.80. The highest BCUT2D eigenvalue weighted by Gasteiger charge is 2.19. The second-order valence-electron chi connectivity index (χ2n) is 3.94. The Balaban J connectivity index is 2.60. The summed E-state index contributed by atoms with van der Waals surface area (Å²) < 4.78 is 3.13. The number of hydrogen-bond acceptors (Lipinski definition) is 5. The molecule has 0 aromatic carbocycles. The fraction of sp³-hybridized carbons (Fsp3) is 0.200. The lowest BCUT2D eigenvalue weighted by molar-refractivity contribution is 0.0699. The lowest BCUT2D eigenvalue weighted by atomic mass is 10.3. The van der Waals surface area contributed by atoms with Crippen LogP contribution >= 0.6 is 12.6 Å². The molecule has 0 amide bonds. The van der Waals surface area contributed by atoms with Gasteiger partial charge in [-0.1, -0.05) is 0 Å². The quantitative estimate of drug-likeness (QED) is 0.637. The van der Waals surface area contributed by atoms with Crippen LogP contribution in [0.3, 0.4) is 0 Å². The molecule has 1 N–H and O–H groups in total. The maximum Gasteiger partial charge on any atom is 0.339 e. The van der Waals surface area contributed by atoms with Crippen molar-refractivity contribution in [2.45, 2.75) is 11.9 Å². The third-order valence-electron chi connectivity index (χ3n) is 2.79. The van der Waals surface area contributed by atoms with Crippen molar-refractivity contribution in [1.82, 2.24) is 24.4 Å². The highest BCUT2D eigenvalue weighted by Crippen LogP contribution is 2.24. The predicted molar refractivity (Wildman–Crippen MR) is 66.2 cm³/mol. The fourth-order valence-electron chi connectivity index (χ4n) is 2.04. The molecule has 3 aromatic heterocycles. The Kier molecular flexibility index (Phi) is 2.11. The Labute approximate surface area is 106 Å². The maximum atomic E-state index is 11.1. The lowest BCUT2D eigenvalue weighted by Gasteiger charge is -2.01. The first-order valence-corrected chi connectivity index (χ1v) is 5.58. The number of carbonyl (C=O) groups is 1. The van der Waals surface area contributed by atoms with Crippen molar-refractivity contribution < 1.29 is 9.90 Å². The zero-order valence-corrected chi connectivity index (χ0v) is 10.5. The van der Waals surface area contributed by atoms with Crippen molar-refractivity contribution in [3.05, 3.63) is 17.5 Å². The van der Waals surface area contributed by atoms with E-state index in [-0.39, 0.29) is 5.56 Å². The van der Waals surface area contributed by atoms with Crippen LogP contribution in [0.1, 0.15) is 16.1 Å². The molecule has 3 heterocycles. The number of carboxylic acid groups (broad SMARTS) is 1. The molecule has 92 valence electrons. The third kappa shape index (κ3) is 1.26. The molecule has 8 heteroatoms. The van der Waals surface area contributed by atoms with Crippen LogP contribution in [-0.4, -0.2) is 35.5 Å². The van der Waals surface area contributed by atoms with Crippen LogP contribution in [0.25, 0.3) is 16.7 Å². The summed E-state index contributed by atoms with van der Waals surface area (Å²) in [5, 5.41) is 17.8. The summed E-state index contributed by atoms with van der Waals surface area (Å²) in [4.78, 5) is 15.4. The highest BCUT2D eigenvalue weighted by atomic mass is 32.1. The van der Waals surface area contributed by atoms with Crippen LogP contribution in [0, 0.1) is 6.92 Å². The molecule has 0 fully saturated rings. The molecule has 0 unspecified atom stereocenters. The van der Waals surface area contributed by atoms with Crippen LogP contribution < -0.4 is 0 Å². The first kappa shape index (κ1) is 11.0. The largest absolute Gasteiger partial charge is 0.478 e. The molecule has 0 aliphatic rings. The summed E-state index contributed by atoms with van der Waals surface area (Å²) in [6.07, 6.45) is 1.29. The number of thiol groups is 1. The number of nitrogens with zero attached hydrogens (tertiary/aromatic N) is 5. The van der Waals surface area contributed by atoms with Gasteiger partial charge in [-0.25, -0.2) is 19.0 Å². The number of carboxylic acids is 1. The Hall–Kier alpha value is -2.09. The molecule has 3 rings (SSSR count). The minimum Gasteiger partial charge on any atom is -0.478 e. The van der Waals surface area contributed by atoms with Crippen LogP contribution in [0.5, 0.6) is 0 Å². The number of fused-ring (bicyclic) bond motifs is 3. The standard InChI is InChI=1S/C10H9N5O2S/c1-4-6-9(14(2)13-4)15-7(8(18)12-6)5(3-11-15)10(16)17/h3H,1-2H3,(H,12,18)(H,16,17). The molecular weight excluding hydrogens is 254 g/mol. The van der Waals surface area contributed by atoms with Crippen molar-refractivity contribution in [3.63, 3.8) is 0 Å². The van der Waals surface area contributed by atoms with E-state index in [4.69, 9.17) is 5.11 Å². The maximum absolute atomic E-state index is 11.1. The van der Waals surface area contributed by atoms with E-state index >= 15 is 0 Å². The number of rotatable bonds is 1. The third-order valence-corrected chi connectivity index (χ3v) is 3.10. The van der Waals surface area contributed by atoms with Gasteiger partial charge in [0.1, 0.15) is 21.6 Å².